The lowest BCUT2D eigenvalue weighted by molar-refractivity contribution is -0.116. The van der Waals surface area contributed by atoms with Gasteiger partial charge in [0.05, 0.1) is 4.90 Å². The van der Waals surface area contributed by atoms with E-state index in [1.165, 1.54) is 17.7 Å². The highest BCUT2D eigenvalue weighted by atomic mass is 32.2. The van der Waals surface area contributed by atoms with Crippen molar-refractivity contribution in [2.45, 2.75) is 51.3 Å². The molecule has 7 heteroatoms. The molecule has 0 aliphatic heterocycles. The van der Waals surface area contributed by atoms with E-state index < -0.39 is 10.0 Å². The summed E-state index contributed by atoms with van der Waals surface area (Å²) < 4.78 is 23.2. The van der Waals surface area contributed by atoms with E-state index in [4.69, 9.17) is 5.14 Å². The molecule has 2 aromatic carbocycles. The fraction of sp³-hybridized carbons (Fsp3) is 0.333. The summed E-state index contributed by atoms with van der Waals surface area (Å²) in [5, 5.41) is 7.87. The summed E-state index contributed by atoms with van der Waals surface area (Å²) >= 11 is 0. The van der Waals surface area contributed by atoms with Crippen LogP contribution in [-0.4, -0.2) is 20.1 Å². The Kier molecular flexibility index (Phi) is 7.10. The van der Waals surface area contributed by atoms with Crippen molar-refractivity contribution in [1.82, 2.24) is 0 Å². The van der Waals surface area contributed by atoms with E-state index in [1.54, 1.807) is 26.0 Å². The number of nitrogens with two attached hydrogens (primary N) is 1. The number of ketones is 1. The lowest BCUT2D eigenvalue weighted by atomic mass is 10.0. The van der Waals surface area contributed by atoms with Gasteiger partial charge in [-0.2, -0.15) is 0 Å². The Balaban J connectivity index is 2.02. The Bertz CT molecular complexity index is 980. The van der Waals surface area contributed by atoms with Crippen LogP contribution in [0.5, 0.6) is 0 Å². The number of rotatable bonds is 8. The predicted molar refractivity (Wildman–Crippen MR) is 110 cm³/mol. The maximum absolute atomic E-state index is 12.3. The van der Waals surface area contributed by atoms with Gasteiger partial charge < -0.3 is 5.32 Å². The van der Waals surface area contributed by atoms with Crippen LogP contribution in [0.15, 0.2) is 41.3 Å². The van der Waals surface area contributed by atoms with E-state index in [0.717, 1.165) is 18.4 Å². The second kappa shape index (κ2) is 9.12. The topological polar surface area (TPSA) is 106 Å². The van der Waals surface area contributed by atoms with Gasteiger partial charge in [-0.25, -0.2) is 13.6 Å². The molecule has 0 spiro atoms. The van der Waals surface area contributed by atoms with E-state index in [1.807, 2.05) is 12.1 Å². The number of benzene rings is 2. The third-order valence-corrected chi connectivity index (χ3v) is 5.53. The Labute approximate surface area is 166 Å². The van der Waals surface area contributed by atoms with Crippen molar-refractivity contribution < 1.29 is 18.0 Å². The van der Waals surface area contributed by atoms with Gasteiger partial charge >= 0.3 is 0 Å². The fourth-order valence-corrected chi connectivity index (χ4v) is 3.47. The number of primary sulfonamides is 1. The minimum absolute atomic E-state index is 0.00757. The number of amides is 1. The zero-order valence-electron chi connectivity index (χ0n) is 16.4. The van der Waals surface area contributed by atoms with Gasteiger partial charge in [-0.1, -0.05) is 37.6 Å². The largest absolute Gasteiger partial charge is 0.326 e. The summed E-state index contributed by atoms with van der Waals surface area (Å²) in [6.45, 7) is 5.62. The van der Waals surface area contributed by atoms with Crippen LogP contribution in [0.25, 0.3) is 0 Å². The van der Waals surface area contributed by atoms with Crippen LogP contribution >= 0.6 is 0 Å². The normalized spacial score (nSPS) is 11.3. The van der Waals surface area contributed by atoms with E-state index in [-0.39, 0.29) is 29.4 Å². The number of hydrogen-bond acceptors (Lipinski definition) is 4. The van der Waals surface area contributed by atoms with Crippen molar-refractivity contribution in [2.75, 3.05) is 5.32 Å². The fourth-order valence-electron chi connectivity index (χ4n) is 2.85. The molecule has 0 fully saturated rings. The number of sulfonamides is 1. The molecule has 150 valence electrons. The molecular weight excluding hydrogens is 376 g/mol. The number of anilines is 1. The lowest BCUT2D eigenvalue weighted by Crippen LogP contribution is -2.17. The molecule has 1 amide bonds. The molecule has 0 aliphatic rings. The number of Topliss-reactive ketones (excluding diaryl/α,β-unsaturated/α-hetero) is 1. The molecule has 3 N–H and O–H groups in total. The Hall–Kier alpha value is -2.51. The van der Waals surface area contributed by atoms with Gasteiger partial charge in [-0.05, 0) is 49.1 Å². The monoisotopic (exact) mass is 402 g/mol. The van der Waals surface area contributed by atoms with Crippen LogP contribution in [0.3, 0.4) is 0 Å². The summed E-state index contributed by atoms with van der Waals surface area (Å²) in [5.74, 6) is -0.464. The Morgan fingerprint density at radius 3 is 2.25 bits per heavy atom. The average molecular weight is 403 g/mol. The van der Waals surface area contributed by atoms with Crippen molar-refractivity contribution >= 4 is 27.4 Å². The molecule has 0 aliphatic carbocycles. The van der Waals surface area contributed by atoms with Gasteiger partial charge in [0.25, 0.3) is 0 Å². The maximum Gasteiger partial charge on any atom is 0.238 e. The zero-order chi connectivity index (χ0) is 20.9. The van der Waals surface area contributed by atoms with Crippen LogP contribution in [0.2, 0.25) is 0 Å². The van der Waals surface area contributed by atoms with Crippen LogP contribution in [-0.2, 0) is 21.2 Å². The standard InChI is InChI=1S/C21H26N2O4S/c1-4-5-16-6-8-17(9-7-16)20(24)10-11-21(25)23-19-13-18(28(22,26)27)12-14(2)15(19)3/h6-9,12-13H,4-5,10-11H2,1-3H3,(H,23,25)(H2,22,26,27). The highest BCUT2D eigenvalue weighted by Gasteiger charge is 2.15. The molecule has 2 rings (SSSR count). The van der Waals surface area contributed by atoms with Crippen LogP contribution in [0.4, 0.5) is 5.69 Å². The molecule has 28 heavy (non-hydrogen) atoms. The molecule has 6 nitrogen and oxygen atoms in total. The molecule has 0 bridgehead atoms. The molecule has 0 aromatic heterocycles. The molecule has 0 atom stereocenters. The highest BCUT2D eigenvalue weighted by molar-refractivity contribution is 7.89. The van der Waals surface area contributed by atoms with Gasteiger partial charge in [-0.3, -0.25) is 9.59 Å². The first-order valence-electron chi connectivity index (χ1n) is 9.18. The van der Waals surface area contributed by atoms with Gasteiger partial charge in [-0.15, -0.1) is 0 Å². The van der Waals surface area contributed by atoms with E-state index in [9.17, 15) is 18.0 Å². The second-order valence-corrected chi connectivity index (χ2v) is 8.44. The average Bonchev–Trinajstić information content (AvgIpc) is 2.63. The van der Waals surface area contributed by atoms with Crippen LogP contribution in [0, 0.1) is 13.8 Å². The second-order valence-electron chi connectivity index (χ2n) is 6.88. The Morgan fingerprint density at radius 2 is 1.68 bits per heavy atom. The first-order valence-corrected chi connectivity index (χ1v) is 10.7. The quantitative estimate of drug-likeness (QED) is 0.659. The lowest BCUT2D eigenvalue weighted by Gasteiger charge is -2.12. The minimum atomic E-state index is -3.88. The van der Waals surface area contributed by atoms with Crippen molar-refractivity contribution in [1.29, 1.82) is 0 Å². The van der Waals surface area contributed by atoms with Crippen LogP contribution < -0.4 is 10.5 Å². The van der Waals surface area contributed by atoms with E-state index in [2.05, 4.69) is 12.2 Å². The molecule has 0 saturated heterocycles. The van der Waals surface area contributed by atoms with Crippen molar-refractivity contribution in [3.63, 3.8) is 0 Å². The summed E-state index contributed by atoms with van der Waals surface area (Å²) in [4.78, 5) is 24.5. The van der Waals surface area contributed by atoms with E-state index in [0.29, 0.717) is 16.8 Å². The van der Waals surface area contributed by atoms with E-state index >= 15 is 0 Å². The number of hydrogen-bond donors (Lipinski definition) is 2. The Morgan fingerprint density at radius 1 is 1.04 bits per heavy atom. The molecular formula is C21H26N2O4S. The predicted octanol–water partition coefficient (Wildman–Crippen LogP) is 3.50. The van der Waals surface area contributed by atoms with Crippen molar-refractivity contribution in [3.8, 4) is 0 Å². The SMILES string of the molecule is CCCc1ccc(C(=O)CCC(=O)Nc2cc(S(N)(=O)=O)cc(C)c2C)cc1. The highest BCUT2D eigenvalue weighted by Crippen LogP contribution is 2.24. The first kappa shape index (κ1) is 21.8. The van der Waals surface area contributed by atoms with Crippen molar-refractivity contribution in [2.24, 2.45) is 5.14 Å². The van der Waals surface area contributed by atoms with Crippen LogP contribution in [0.1, 0.15) is 53.2 Å². The number of carbonyl (C=O) groups is 2. The van der Waals surface area contributed by atoms with Crippen molar-refractivity contribution in [3.05, 3.63) is 58.7 Å². The summed E-state index contributed by atoms with van der Waals surface area (Å²) in [6.07, 6.45) is 2.09. The van der Waals surface area contributed by atoms with Gasteiger partial charge in [0, 0.05) is 24.1 Å². The summed E-state index contributed by atoms with van der Waals surface area (Å²) in [5.41, 5.74) is 3.59. The molecule has 2 aromatic rings. The smallest absolute Gasteiger partial charge is 0.238 e. The molecule has 0 radical (unpaired) electrons. The molecule has 0 unspecified atom stereocenters. The van der Waals surface area contributed by atoms with Gasteiger partial charge in [0.2, 0.25) is 15.9 Å². The number of carbonyl (C=O) groups excluding carboxylic acids is 2. The maximum atomic E-state index is 12.3. The molecule has 0 saturated carbocycles. The zero-order valence-corrected chi connectivity index (χ0v) is 17.2. The first-order chi connectivity index (χ1) is 13.1. The van der Waals surface area contributed by atoms with Gasteiger partial charge in [0.15, 0.2) is 5.78 Å². The number of nitrogens with one attached hydrogen (secondary N) is 1. The summed E-state index contributed by atoms with van der Waals surface area (Å²) in [6, 6.07) is 10.2. The van der Waals surface area contributed by atoms with Gasteiger partial charge in [0.1, 0.15) is 0 Å². The third kappa shape index (κ3) is 5.74. The summed E-state index contributed by atoms with van der Waals surface area (Å²) in [7, 11) is -3.88. The number of aryl methyl sites for hydroxylation is 2. The minimum Gasteiger partial charge on any atom is -0.326 e. The molecule has 0 heterocycles. The third-order valence-electron chi connectivity index (χ3n) is 4.64.